The third kappa shape index (κ3) is 8.02. The molecule has 0 spiro atoms. The van der Waals surface area contributed by atoms with Crippen LogP contribution < -0.4 is 10.6 Å². The highest BCUT2D eigenvalue weighted by Gasteiger charge is 2.10. The van der Waals surface area contributed by atoms with E-state index >= 15 is 0 Å². The Balaban J connectivity index is 3.56. The van der Waals surface area contributed by atoms with E-state index in [0.29, 0.717) is 5.92 Å². The monoisotopic (exact) mass is 210 g/mol. The molecule has 0 fully saturated rings. The van der Waals surface area contributed by atoms with E-state index in [0.717, 1.165) is 25.9 Å². The molecule has 0 bridgehead atoms. The van der Waals surface area contributed by atoms with Crippen LogP contribution in [0.4, 0.5) is 0 Å². The van der Waals surface area contributed by atoms with E-state index in [1.165, 1.54) is 0 Å². The number of unbranched alkanes of at least 4 members (excludes halogenated alkanes) is 1. The van der Waals surface area contributed by atoms with Gasteiger partial charge in [-0.05, 0) is 25.8 Å². The highest BCUT2D eigenvalue weighted by molar-refractivity contribution is 5.81. The van der Waals surface area contributed by atoms with Crippen molar-refractivity contribution >= 4 is 5.91 Å². The van der Waals surface area contributed by atoms with Crippen LogP contribution in [0.25, 0.3) is 0 Å². The third-order valence-electron chi connectivity index (χ3n) is 2.03. The van der Waals surface area contributed by atoms with Crippen LogP contribution in [0.2, 0.25) is 0 Å². The molecule has 0 saturated heterocycles. The molecule has 0 aliphatic carbocycles. The smallest absolute Gasteiger partial charge is 0.236 e. The quantitative estimate of drug-likeness (QED) is 0.489. The summed E-state index contributed by atoms with van der Waals surface area (Å²) >= 11 is 0. The molecule has 0 aromatic carbocycles. The van der Waals surface area contributed by atoms with Crippen LogP contribution in [0.3, 0.4) is 0 Å². The molecule has 0 aromatic heterocycles. The molecule has 0 aliphatic heterocycles. The average Bonchev–Trinajstić information content (AvgIpc) is 2.20. The predicted octanol–water partition coefficient (Wildman–Crippen LogP) is 1.15. The summed E-state index contributed by atoms with van der Waals surface area (Å²) in [7, 11) is 0. The number of amides is 1. The van der Waals surface area contributed by atoms with Crippen molar-refractivity contribution in [3.05, 3.63) is 0 Å². The first-order valence-electron chi connectivity index (χ1n) is 5.52. The number of terminal acetylenes is 1. The maximum absolute atomic E-state index is 11.5. The minimum absolute atomic E-state index is 0.0596. The molecular formula is C12H22N2O. The molecule has 15 heavy (non-hydrogen) atoms. The topological polar surface area (TPSA) is 41.1 Å². The lowest BCUT2D eigenvalue weighted by Crippen LogP contribution is -2.43. The summed E-state index contributed by atoms with van der Waals surface area (Å²) in [5.74, 6) is 3.12. The van der Waals surface area contributed by atoms with Gasteiger partial charge >= 0.3 is 0 Å². The summed E-state index contributed by atoms with van der Waals surface area (Å²) in [5.41, 5.74) is 0. The fourth-order valence-electron chi connectivity index (χ4n) is 1.06. The second kappa shape index (κ2) is 8.31. The van der Waals surface area contributed by atoms with E-state index in [9.17, 15) is 4.79 Å². The molecule has 1 amide bonds. The summed E-state index contributed by atoms with van der Waals surface area (Å²) in [6.07, 6.45) is 6.80. The van der Waals surface area contributed by atoms with Crippen LogP contribution >= 0.6 is 0 Å². The summed E-state index contributed by atoms with van der Waals surface area (Å²) in [6.45, 7) is 7.54. The van der Waals surface area contributed by atoms with Gasteiger partial charge in [0.05, 0.1) is 6.04 Å². The SMILES string of the molecule is C#CCCCNC(C)C(=O)NCC(C)C. The van der Waals surface area contributed by atoms with Crippen LogP contribution in [0.1, 0.15) is 33.6 Å². The zero-order valence-corrected chi connectivity index (χ0v) is 9.97. The average molecular weight is 210 g/mol. The van der Waals surface area contributed by atoms with Gasteiger partial charge in [0.25, 0.3) is 0 Å². The minimum atomic E-state index is -0.137. The van der Waals surface area contributed by atoms with Crippen molar-refractivity contribution in [2.45, 2.75) is 39.7 Å². The lowest BCUT2D eigenvalue weighted by atomic mass is 10.2. The van der Waals surface area contributed by atoms with Gasteiger partial charge in [0.1, 0.15) is 0 Å². The Hall–Kier alpha value is -1.01. The first kappa shape index (κ1) is 14.0. The lowest BCUT2D eigenvalue weighted by Gasteiger charge is -2.14. The molecule has 86 valence electrons. The van der Waals surface area contributed by atoms with Gasteiger partial charge in [-0.25, -0.2) is 0 Å². The first-order chi connectivity index (χ1) is 7.07. The second-order valence-corrected chi connectivity index (χ2v) is 4.12. The molecule has 3 nitrogen and oxygen atoms in total. The van der Waals surface area contributed by atoms with Crippen molar-refractivity contribution in [2.75, 3.05) is 13.1 Å². The molecule has 0 aliphatic rings. The molecule has 0 heterocycles. The van der Waals surface area contributed by atoms with E-state index in [-0.39, 0.29) is 11.9 Å². The number of carbonyl (C=O) groups excluding carboxylic acids is 1. The van der Waals surface area contributed by atoms with Crippen LogP contribution in [0.15, 0.2) is 0 Å². The first-order valence-corrected chi connectivity index (χ1v) is 5.52. The van der Waals surface area contributed by atoms with Gasteiger partial charge in [0.2, 0.25) is 5.91 Å². The van der Waals surface area contributed by atoms with Crippen molar-refractivity contribution in [1.82, 2.24) is 10.6 Å². The van der Waals surface area contributed by atoms with Gasteiger partial charge < -0.3 is 10.6 Å². The zero-order valence-electron chi connectivity index (χ0n) is 9.97. The standard InChI is InChI=1S/C12H22N2O/c1-5-6-7-8-13-11(4)12(15)14-9-10(2)3/h1,10-11,13H,6-9H2,2-4H3,(H,14,15). The summed E-state index contributed by atoms with van der Waals surface area (Å²) < 4.78 is 0. The maximum atomic E-state index is 11.5. The maximum Gasteiger partial charge on any atom is 0.236 e. The zero-order chi connectivity index (χ0) is 11.7. The lowest BCUT2D eigenvalue weighted by molar-refractivity contribution is -0.122. The number of hydrogen-bond donors (Lipinski definition) is 2. The van der Waals surface area contributed by atoms with E-state index in [1.54, 1.807) is 0 Å². The van der Waals surface area contributed by atoms with Crippen molar-refractivity contribution in [3.8, 4) is 12.3 Å². The fraction of sp³-hybridized carbons (Fsp3) is 0.750. The number of rotatable bonds is 7. The third-order valence-corrected chi connectivity index (χ3v) is 2.03. The Kier molecular flexibility index (Phi) is 7.75. The molecule has 0 aromatic rings. The van der Waals surface area contributed by atoms with Crippen molar-refractivity contribution in [2.24, 2.45) is 5.92 Å². The Morgan fingerprint density at radius 3 is 2.60 bits per heavy atom. The van der Waals surface area contributed by atoms with E-state index in [4.69, 9.17) is 6.42 Å². The molecule has 0 saturated carbocycles. The Morgan fingerprint density at radius 1 is 1.40 bits per heavy atom. The van der Waals surface area contributed by atoms with Gasteiger partial charge in [0, 0.05) is 13.0 Å². The largest absolute Gasteiger partial charge is 0.354 e. The van der Waals surface area contributed by atoms with Gasteiger partial charge in [-0.3, -0.25) is 4.79 Å². The normalized spacial score (nSPS) is 12.2. The van der Waals surface area contributed by atoms with Gasteiger partial charge in [0.15, 0.2) is 0 Å². The highest BCUT2D eigenvalue weighted by Crippen LogP contribution is 1.90. The fourth-order valence-corrected chi connectivity index (χ4v) is 1.06. The van der Waals surface area contributed by atoms with Crippen molar-refractivity contribution in [3.63, 3.8) is 0 Å². The Bertz CT molecular complexity index is 218. The summed E-state index contributed by atoms with van der Waals surface area (Å²) in [5, 5.41) is 6.01. The predicted molar refractivity (Wildman–Crippen MR) is 63.4 cm³/mol. The van der Waals surface area contributed by atoms with Gasteiger partial charge in [-0.2, -0.15) is 0 Å². The van der Waals surface area contributed by atoms with Gasteiger partial charge in [-0.15, -0.1) is 12.3 Å². The van der Waals surface area contributed by atoms with Gasteiger partial charge in [-0.1, -0.05) is 13.8 Å². The van der Waals surface area contributed by atoms with E-state index < -0.39 is 0 Å². The molecule has 1 atom stereocenters. The van der Waals surface area contributed by atoms with Crippen molar-refractivity contribution in [1.29, 1.82) is 0 Å². The van der Waals surface area contributed by atoms with Crippen molar-refractivity contribution < 1.29 is 4.79 Å². The second-order valence-electron chi connectivity index (χ2n) is 4.12. The molecule has 0 radical (unpaired) electrons. The minimum Gasteiger partial charge on any atom is -0.354 e. The molecular weight excluding hydrogens is 188 g/mol. The van der Waals surface area contributed by atoms with Crippen LogP contribution in [-0.2, 0) is 4.79 Å². The number of carbonyl (C=O) groups is 1. The van der Waals surface area contributed by atoms with Crippen LogP contribution in [0.5, 0.6) is 0 Å². The van der Waals surface area contributed by atoms with E-state index in [2.05, 4.69) is 30.4 Å². The van der Waals surface area contributed by atoms with Crippen LogP contribution in [0, 0.1) is 18.3 Å². The number of nitrogens with one attached hydrogen (secondary N) is 2. The highest BCUT2D eigenvalue weighted by atomic mass is 16.2. The number of hydrogen-bond acceptors (Lipinski definition) is 2. The Labute approximate surface area is 93.0 Å². The van der Waals surface area contributed by atoms with Crippen LogP contribution in [-0.4, -0.2) is 25.0 Å². The molecule has 0 rings (SSSR count). The molecule has 2 N–H and O–H groups in total. The Morgan fingerprint density at radius 2 is 2.07 bits per heavy atom. The van der Waals surface area contributed by atoms with E-state index in [1.807, 2.05) is 6.92 Å². The molecule has 3 heteroatoms. The molecule has 1 unspecified atom stereocenters. The summed E-state index contributed by atoms with van der Waals surface area (Å²) in [4.78, 5) is 11.5. The summed E-state index contributed by atoms with van der Waals surface area (Å²) in [6, 6.07) is -0.137.